The lowest BCUT2D eigenvalue weighted by atomic mass is 10.0. The summed E-state index contributed by atoms with van der Waals surface area (Å²) in [6, 6.07) is 19.5. The lowest BCUT2D eigenvalue weighted by Crippen LogP contribution is -2.07. The van der Waals surface area contributed by atoms with E-state index in [1.165, 1.54) is 11.8 Å². The minimum atomic E-state index is -0.396. The summed E-state index contributed by atoms with van der Waals surface area (Å²) >= 11 is 0. The summed E-state index contributed by atoms with van der Waals surface area (Å²) in [6.07, 6.45) is 1.69. The number of carbonyl (C=O) groups excluding carboxylic acids is 1. The van der Waals surface area contributed by atoms with Crippen molar-refractivity contribution in [2.24, 2.45) is 5.16 Å². The quantitative estimate of drug-likeness (QED) is 0.251. The summed E-state index contributed by atoms with van der Waals surface area (Å²) in [4.78, 5) is 21.7. The first-order valence-electron chi connectivity index (χ1n) is 9.75. The van der Waals surface area contributed by atoms with Gasteiger partial charge in [-0.25, -0.2) is 9.78 Å². The second-order valence-electron chi connectivity index (χ2n) is 7.36. The Balaban J connectivity index is 1.45. The molecular formula is C25H22N2O3. The molecule has 0 aliphatic rings. The fourth-order valence-electron chi connectivity index (χ4n) is 3.29. The van der Waals surface area contributed by atoms with Gasteiger partial charge in [-0.2, -0.15) is 0 Å². The van der Waals surface area contributed by atoms with Gasteiger partial charge in [0.15, 0.2) is 5.58 Å². The highest BCUT2D eigenvalue weighted by molar-refractivity contribution is 5.87. The van der Waals surface area contributed by atoms with Gasteiger partial charge in [0.2, 0.25) is 5.89 Å². The van der Waals surface area contributed by atoms with Crippen LogP contribution >= 0.6 is 0 Å². The Kier molecular flexibility index (Phi) is 5.44. The molecule has 0 unspecified atom stereocenters. The molecule has 0 aliphatic heterocycles. The van der Waals surface area contributed by atoms with E-state index in [2.05, 4.69) is 10.1 Å². The molecule has 1 aromatic heterocycles. The van der Waals surface area contributed by atoms with Crippen molar-refractivity contribution in [1.29, 1.82) is 0 Å². The van der Waals surface area contributed by atoms with Crippen LogP contribution in [0.5, 0.6) is 0 Å². The molecule has 0 atom stereocenters. The van der Waals surface area contributed by atoms with Crippen molar-refractivity contribution in [2.45, 2.75) is 27.2 Å². The highest BCUT2D eigenvalue weighted by Crippen LogP contribution is 2.25. The predicted molar refractivity (Wildman–Crippen MR) is 117 cm³/mol. The topological polar surface area (TPSA) is 64.7 Å². The molecule has 0 N–H and O–H groups in total. The predicted octanol–water partition coefficient (Wildman–Crippen LogP) is 5.54. The van der Waals surface area contributed by atoms with E-state index >= 15 is 0 Å². The average molecular weight is 398 g/mol. The van der Waals surface area contributed by atoms with Gasteiger partial charge in [-0.1, -0.05) is 41.1 Å². The van der Waals surface area contributed by atoms with Crippen LogP contribution in [0.3, 0.4) is 0 Å². The number of rotatable bonds is 5. The van der Waals surface area contributed by atoms with E-state index < -0.39 is 5.97 Å². The Morgan fingerprint density at radius 3 is 2.50 bits per heavy atom. The Morgan fingerprint density at radius 2 is 1.77 bits per heavy atom. The molecule has 0 fully saturated rings. The van der Waals surface area contributed by atoms with Crippen LogP contribution < -0.4 is 0 Å². The van der Waals surface area contributed by atoms with E-state index in [0.29, 0.717) is 11.5 Å². The molecule has 30 heavy (non-hydrogen) atoms. The molecule has 4 aromatic rings. The zero-order valence-corrected chi connectivity index (χ0v) is 17.2. The number of benzene rings is 3. The van der Waals surface area contributed by atoms with Crippen molar-refractivity contribution in [2.75, 3.05) is 0 Å². The molecule has 5 heteroatoms. The van der Waals surface area contributed by atoms with E-state index in [-0.39, 0.29) is 6.42 Å². The van der Waals surface area contributed by atoms with Crippen LogP contribution in [0.1, 0.15) is 27.8 Å². The first kappa shape index (κ1) is 19.6. The molecule has 150 valence electrons. The summed E-state index contributed by atoms with van der Waals surface area (Å²) < 4.78 is 5.84. The number of oxazole rings is 1. The van der Waals surface area contributed by atoms with Crippen molar-refractivity contribution in [1.82, 2.24) is 4.98 Å². The lowest BCUT2D eigenvalue weighted by molar-refractivity contribution is -0.142. The molecule has 3 aromatic carbocycles. The Bertz CT molecular complexity index is 1220. The van der Waals surface area contributed by atoms with Gasteiger partial charge >= 0.3 is 5.97 Å². The van der Waals surface area contributed by atoms with Crippen LogP contribution in [0.25, 0.3) is 22.6 Å². The number of fused-ring (bicyclic) bond motifs is 1. The third-order valence-corrected chi connectivity index (χ3v) is 5.03. The summed E-state index contributed by atoms with van der Waals surface area (Å²) in [5.41, 5.74) is 7.39. The van der Waals surface area contributed by atoms with Gasteiger partial charge in [0, 0.05) is 5.56 Å². The summed E-state index contributed by atoms with van der Waals surface area (Å²) in [5, 5.41) is 3.85. The van der Waals surface area contributed by atoms with Gasteiger partial charge in [-0.15, -0.1) is 0 Å². The van der Waals surface area contributed by atoms with Gasteiger partial charge in [0.25, 0.3) is 0 Å². The molecular weight excluding hydrogens is 376 g/mol. The minimum Gasteiger partial charge on any atom is -0.436 e. The van der Waals surface area contributed by atoms with Gasteiger partial charge in [-0.05, 0) is 73.4 Å². The molecule has 0 saturated heterocycles. The SMILES string of the molecule is Cc1ccc(-c2nc3cc(/C=N/OC(=O)Cc4c(C)cccc4C)ccc3o2)cc1. The van der Waals surface area contributed by atoms with E-state index in [4.69, 9.17) is 9.25 Å². The van der Waals surface area contributed by atoms with Crippen LogP contribution in [-0.4, -0.2) is 17.2 Å². The van der Waals surface area contributed by atoms with E-state index in [9.17, 15) is 4.79 Å². The van der Waals surface area contributed by atoms with Gasteiger partial charge in [-0.3, -0.25) is 0 Å². The Morgan fingerprint density at radius 1 is 1.03 bits per heavy atom. The van der Waals surface area contributed by atoms with Crippen LogP contribution in [0.4, 0.5) is 0 Å². The maximum absolute atomic E-state index is 12.1. The van der Waals surface area contributed by atoms with Crippen LogP contribution in [0, 0.1) is 20.8 Å². The molecule has 0 spiro atoms. The van der Waals surface area contributed by atoms with Gasteiger partial charge in [0.05, 0.1) is 12.6 Å². The third-order valence-electron chi connectivity index (χ3n) is 5.03. The monoisotopic (exact) mass is 398 g/mol. The number of carbonyl (C=O) groups is 1. The average Bonchev–Trinajstić information content (AvgIpc) is 3.15. The van der Waals surface area contributed by atoms with Gasteiger partial charge in [0.1, 0.15) is 5.52 Å². The van der Waals surface area contributed by atoms with E-state index in [0.717, 1.165) is 33.3 Å². The van der Waals surface area contributed by atoms with Crippen LogP contribution in [0.2, 0.25) is 0 Å². The molecule has 0 saturated carbocycles. The second kappa shape index (κ2) is 8.33. The van der Waals surface area contributed by atoms with Crippen molar-refractivity contribution >= 4 is 23.3 Å². The Labute approximate surface area is 175 Å². The first-order chi connectivity index (χ1) is 14.5. The fraction of sp³-hybridized carbons (Fsp3) is 0.160. The molecule has 0 radical (unpaired) electrons. The van der Waals surface area contributed by atoms with Crippen molar-refractivity contribution in [3.05, 3.63) is 88.5 Å². The molecule has 4 rings (SSSR count). The highest BCUT2D eigenvalue weighted by atomic mass is 16.7. The fourth-order valence-corrected chi connectivity index (χ4v) is 3.29. The number of aromatic nitrogens is 1. The molecule has 1 heterocycles. The third kappa shape index (κ3) is 4.30. The molecule has 0 aliphatic carbocycles. The lowest BCUT2D eigenvalue weighted by Gasteiger charge is -2.07. The normalized spacial score (nSPS) is 11.3. The number of nitrogens with zero attached hydrogens (tertiary/aromatic N) is 2. The zero-order chi connectivity index (χ0) is 21.1. The number of aryl methyl sites for hydroxylation is 3. The van der Waals surface area contributed by atoms with Crippen molar-refractivity contribution in [3.63, 3.8) is 0 Å². The number of hydrogen-bond acceptors (Lipinski definition) is 5. The first-order valence-corrected chi connectivity index (χ1v) is 9.75. The standard InChI is InChI=1S/C25H22N2O3/c1-16-7-10-20(11-8-16)25-27-22-13-19(9-12-23(22)29-25)15-26-30-24(28)14-21-17(2)5-4-6-18(21)3/h4-13,15H,14H2,1-3H3/b26-15+. The smallest absolute Gasteiger partial charge is 0.339 e. The summed E-state index contributed by atoms with van der Waals surface area (Å²) in [7, 11) is 0. The number of oxime groups is 1. The van der Waals surface area contributed by atoms with Gasteiger partial charge < -0.3 is 9.25 Å². The van der Waals surface area contributed by atoms with Crippen molar-refractivity contribution in [3.8, 4) is 11.5 Å². The van der Waals surface area contributed by atoms with Crippen LogP contribution in [-0.2, 0) is 16.1 Å². The molecule has 0 bridgehead atoms. The molecule has 0 amide bonds. The summed E-state index contributed by atoms with van der Waals surface area (Å²) in [5.74, 6) is 0.173. The minimum absolute atomic E-state index is 0.193. The Hall–Kier alpha value is -3.73. The maximum atomic E-state index is 12.1. The largest absolute Gasteiger partial charge is 0.436 e. The van der Waals surface area contributed by atoms with E-state index in [1.54, 1.807) is 0 Å². The molecule has 5 nitrogen and oxygen atoms in total. The van der Waals surface area contributed by atoms with E-state index in [1.807, 2.05) is 81.4 Å². The summed E-state index contributed by atoms with van der Waals surface area (Å²) in [6.45, 7) is 6.00. The maximum Gasteiger partial charge on any atom is 0.339 e. The number of hydrogen-bond donors (Lipinski definition) is 0. The van der Waals surface area contributed by atoms with Crippen molar-refractivity contribution < 1.29 is 14.0 Å². The van der Waals surface area contributed by atoms with Crippen LogP contribution in [0.15, 0.2) is 70.2 Å². The highest BCUT2D eigenvalue weighted by Gasteiger charge is 2.10. The zero-order valence-electron chi connectivity index (χ0n) is 17.2. The second-order valence-corrected chi connectivity index (χ2v) is 7.36.